The molecule has 0 saturated carbocycles. The van der Waals surface area contributed by atoms with E-state index in [-0.39, 0.29) is 5.91 Å². The zero-order chi connectivity index (χ0) is 12.8. The summed E-state index contributed by atoms with van der Waals surface area (Å²) in [5, 5.41) is 2.64. The molecule has 0 aliphatic heterocycles. The molecule has 1 amide bonds. The molecule has 0 atom stereocenters. The first-order valence-electron chi connectivity index (χ1n) is 6.58. The summed E-state index contributed by atoms with van der Waals surface area (Å²) >= 11 is 0. The first-order chi connectivity index (χ1) is 7.65. The van der Waals surface area contributed by atoms with Crippen molar-refractivity contribution >= 4 is 5.91 Å². The molecular weight excluding hydrogens is 200 g/mol. The Labute approximate surface area is 102 Å². The third kappa shape index (κ3) is 13.4. The normalized spacial score (nSPS) is 9.62. The van der Waals surface area contributed by atoms with Crippen LogP contribution in [-0.4, -0.2) is 37.5 Å². The van der Waals surface area contributed by atoms with E-state index in [1.807, 2.05) is 0 Å². The van der Waals surface area contributed by atoms with Crippen molar-refractivity contribution in [2.24, 2.45) is 0 Å². The number of carbonyl (C=O) groups excluding carboxylic acids is 1. The van der Waals surface area contributed by atoms with Crippen LogP contribution in [0.1, 0.15) is 53.4 Å². The second kappa shape index (κ2) is 14.4. The van der Waals surface area contributed by atoms with Crippen LogP contribution < -0.4 is 5.32 Å². The highest BCUT2D eigenvalue weighted by Crippen LogP contribution is 1.97. The number of nitrogens with one attached hydrogen (secondary N) is 1. The van der Waals surface area contributed by atoms with Gasteiger partial charge in [0, 0.05) is 7.05 Å². The van der Waals surface area contributed by atoms with Crippen molar-refractivity contribution < 1.29 is 4.79 Å². The molecule has 0 bridgehead atoms. The summed E-state index contributed by atoms with van der Waals surface area (Å²) in [7, 11) is 1.68. The van der Waals surface area contributed by atoms with Crippen LogP contribution in [0.2, 0.25) is 0 Å². The SMILES string of the molecule is CCC.CCCCCN(CC)CC(=O)NC. The van der Waals surface area contributed by atoms with Gasteiger partial charge in [0.1, 0.15) is 0 Å². The molecule has 1 N–H and O–H groups in total. The monoisotopic (exact) mass is 230 g/mol. The van der Waals surface area contributed by atoms with Gasteiger partial charge in [0.25, 0.3) is 0 Å². The molecule has 98 valence electrons. The molecule has 3 nitrogen and oxygen atoms in total. The summed E-state index contributed by atoms with van der Waals surface area (Å²) in [5.41, 5.74) is 0. The molecule has 0 aliphatic carbocycles. The van der Waals surface area contributed by atoms with Gasteiger partial charge in [0.2, 0.25) is 5.91 Å². The van der Waals surface area contributed by atoms with Crippen LogP contribution in [0.25, 0.3) is 0 Å². The predicted molar refractivity (Wildman–Crippen MR) is 71.7 cm³/mol. The zero-order valence-corrected chi connectivity index (χ0v) is 11.8. The van der Waals surface area contributed by atoms with Crippen molar-refractivity contribution in [2.75, 3.05) is 26.7 Å². The standard InChI is InChI=1S/C10H22N2O.C3H8/c1-4-6-7-8-12(5-2)9-10(13)11-3;1-3-2/h4-9H2,1-3H3,(H,11,13);3H2,1-2H3. The Balaban J connectivity index is 0. The minimum atomic E-state index is 0.110. The first kappa shape index (κ1) is 17.8. The first-order valence-corrected chi connectivity index (χ1v) is 6.58. The minimum absolute atomic E-state index is 0.110. The molecule has 0 aromatic rings. The van der Waals surface area contributed by atoms with E-state index in [1.54, 1.807) is 7.05 Å². The fraction of sp³-hybridized carbons (Fsp3) is 0.923. The second-order valence-corrected chi connectivity index (χ2v) is 3.96. The van der Waals surface area contributed by atoms with Crippen LogP contribution >= 0.6 is 0 Å². The topological polar surface area (TPSA) is 32.3 Å². The van der Waals surface area contributed by atoms with E-state index in [0.717, 1.165) is 13.1 Å². The molecule has 0 spiro atoms. The van der Waals surface area contributed by atoms with Gasteiger partial charge in [-0.15, -0.1) is 0 Å². The lowest BCUT2D eigenvalue weighted by Crippen LogP contribution is -2.36. The number of hydrogen-bond donors (Lipinski definition) is 1. The summed E-state index contributed by atoms with van der Waals surface area (Å²) in [5.74, 6) is 0.110. The highest BCUT2D eigenvalue weighted by Gasteiger charge is 2.05. The Hall–Kier alpha value is -0.570. The maximum Gasteiger partial charge on any atom is 0.233 e. The maximum absolute atomic E-state index is 11.1. The molecule has 0 aromatic carbocycles. The summed E-state index contributed by atoms with van der Waals surface area (Å²) in [6, 6.07) is 0. The molecule has 0 aromatic heterocycles. The van der Waals surface area contributed by atoms with Crippen LogP contribution in [-0.2, 0) is 4.79 Å². The van der Waals surface area contributed by atoms with Crippen LogP contribution in [0.5, 0.6) is 0 Å². The van der Waals surface area contributed by atoms with E-state index < -0.39 is 0 Å². The Morgan fingerprint density at radius 2 is 1.69 bits per heavy atom. The van der Waals surface area contributed by atoms with Gasteiger partial charge >= 0.3 is 0 Å². The predicted octanol–water partition coefficient (Wildman–Crippen LogP) is 2.66. The molecule has 0 fully saturated rings. The van der Waals surface area contributed by atoms with Crippen LogP contribution in [0, 0.1) is 0 Å². The van der Waals surface area contributed by atoms with Crippen LogP contribution in [0.15, 0.2) is 0 Å². The van der Waals surface area contributed by atoms with Crippen molar-refractivity contribution in [1.82, 2.24) is 10.2 Å². The minimum Gasteiger partial charge on any atom is -0.358 e. The van der Waals surface area contributed by atoms with Crippen molar-refractivity contribution in [1.29, 1.82) is 0 Å². The average Bonchev–Trinajstić information content (AvgIpc) is 2.28. The third-order valence-corrected chi connectivity index (χ3v) is 2.17. The fourth-order valence-corrected chi connectivity index (χ4v) is 1.22. The van der Waals surface area contributed by atoms with Gasteiger partial charge in [-0.1, -0.05) is 47.0 Å². The summed E-state index contributed by atoms with van der Waals surface area (Å²) in [6.45, 7) is 11.1. The van der Waals surface area contributed by atoms with Crippen LogP contribution in [0.4, 0.5) is 0 Å². The van der Waals surface area contributed by atoms with Gasteiger partial charge in [-0.05, 0) is 19.5 Å². The van der Waals surface area contributed by atoms with Crippen molar-refractivity contribution in [2.45, 2.75) is 53.4 Å². The number of hydrogen-bond acceptors (Lipinski definition) is 2. The van der Waals surface area contributed by atoms with Crippen molar-refractivity contribution in [3.05, 3.63) is 0 Å². The lowest BCUT2D eigenvalue weighted by molar-refractivity contribution is -0.121. The van der Waals surface area contributed by atoms with E-state index in [2.05, 4.69) is 37.9 Å². The van der Waals surface area contributed by atoms with Gasteiger partial charge in [-0.25, -0.2) is 0 Å². The van der Waals surface area contributed by atoms with Gasteiger partial charge in [0.15, 0.2) is 0 Å². The average molecular weight is 230 g/mol. The molecule has 16 heavy (non-hydrogen) atoms. The number of amides is 1. The Kier molecular flexibility index (Phi) is 16.1. The number of nitrogens with zero attached hydrogens (tertiary/aromatic N) is 1. The molecular formula is C13H30N2O. The third-order valence-electron chi connectivity index (χ3n) is 2.17. The Morgan fingerprint density at radius 1 is 1.12 bits per heavy atom. The lowest BCUT2D eigenvalue weighted by atomic mass is 10.2. The fourth-order valence-electron chi connectivity index (χ4n) is 1.22. The summed E-state index contributed by atoms with van der Waals surface area (Å²) < 4.78 is 0. The quantitative estimate of drug-likeness (QED) is 0.682. The Bertz CT molecular complexity index is 149. The van der Waals surface area contributed by atoms with Gasteiger partial charge < -0.3 is 5.32 Å². The molecule has 0 saturated heterocycles. The van der Waals surface area contributed by atoms with E-state index in [4.69, 9.17) is 0 Å². The van der Waals surface area contributed by atoms with E-state index in [1.165, 1.54) is 25.7 Å². The van der Waals surface area contributed by atoms with E-state index in [0.29, 0.717) is 6.54 Å². The molecule has 0 aliphatic rings. The molecule has 0 radical (unpaired) electrons. The maximum atomic E-state index is 11.1. The van der Waals surface area contributed by atoms with Crippen LogP contribution in [0.3, 0.4) is 0 Å². The largest absolute Gasteiger partial charge is 0.358 e. The molecule has 0 rings (SSSR count). The van der Waals surface area contributed by atoms with Gasteiger partial charge in [-0.2, -0.15) is 0 Å². The Morgan fingerprint density at radius 3 is 2.06 bits per heavy atom. The van der Waals surface area contributed by atoms with Crippen molar-refractivity contribution in [3.8, 4) is 0 Å². The highest BCUT2D eigenvalue weighted by molar-refractivity contribution is 5.77. The zero-order valence-electron chi connectivity index (χ0n) is 11.8. The summed E-state index contributed by atoms with van der Waals surface area (Å²) in [4.78, 5) is 13.2. The molecule has 0 heterocycles. The number of rotatable bonds is 7. The molecule has 0 unspecified atom stereocenters. The van der Waals surface area contributed by atoms with Crippen molar-refractivity contribution in [3.63, 3.8) is 0 Å². The van der Waals surface area contributed by atoms with Gasteiger partial charge in [-0.3, -0.25) is 9.69 Å². The van der Waals surface area contributed by atoms with E-state index in [9.17, 15) is 4.79 Å². The smallest absolute Gasteiger partial charge is 0.233 e. The van der Waals surface area contributed by atoms with E-state index >= 15 is 0 Å². The highest BCUT2D eigenvalue weighted by atomic mass is 16.1. The number of carbonyl (C=O) groups is 1. The molecule has 3 heteroatoms. The summed E-state index contributed by atoms with van der Waals surface area (Å²) in [6.07, 6.45) is 4.93. The number of unbranched alkanes of at least 4 members (excludes halogenated alkanes) is 2. The lowest BCUT2D eigenvalue weighted by Gasteiger charge is -2.18. The number of likely N-dealkylation sites (N-methyl/N-ethyl adjacent to an activating group) is 2. The van der Waals surface area contributed by atoms with Gasteiger partial charge in [0.05, 0.1) is 6.54 Å². The second-order valence-electron chi connectivity index (χ2n) is 3.96.